The van der Waals surface area contributed by atoms with Gasteiger partial charge in [-0.05, 0) is 85.8 Å². The van der Waals surface area contributed by atoms with Gasteiger partial charge >= 0.3 is 0 Å². The number of hydrogen-bond donors (Lipinski definition) is 0. The third-order valence-electron chi connectivity index (χ3n) is 11.0. The largest absolute Gasteiger partial charge is 0.313 e. The molecule has 4 aliphatic rings. The van der Waals surface area contributed by atoms with E-state index in [9.17, 15) is 0 Å². The van der Waals surface area contributed by atoms with Crippen molar-refractivity contribution in [3.63, 3.8) is 0 Å². The molecule has 6 aromatic carbocycles. The van der Waals surface area contributed by atoms with Crippen LogP contribution in [-0.4, -0.2) is 4.57 Å². The first-order valence-electron chi connectivity index (χ1n) is 15.5. The maximum atomic E-state index is 2.57. The molecule has 1 spiro atoms. The number of nitrogens with zero attached hydrogens (tertiary/aromatic N) is 1. The van der Waals surface area contributed by atoms with Gasteiger partial charge in [0.05, 0.1) is 10.9 Å². The van der Waals surface area contributed by atoms with Crippen molar-refractivity contribution in [3.8, 4) is 27.9 Å². The lowest BCUT2D eigenvalue weighted by atomic mass is 9.51. The minimum absolute atomic E-state index is 0.213. The maximum Gasteiger partial charge on any atom is 0.0541 e. The Labute approximate surface area is 250 Å². The molecule has 7 aromatic rings. The smallest absolute Gasteiger partial charge is 0.0541 e. The van der Waals surface area contributed by atoms with Crippen molar-refractivity contribution in [3.05, 3.63) is 184 Å². The lowest BCUT2D eigenvalue weighted by Gasteiger charge is -2.50. The zero-order valence-corrected chi connectivity index (χ0v) is 23.6. The molecule has 11 rings (SSSR count). The second kappa shape index (κ2) is 7.62. The van der Waals surface area contributed by atoms with Gasteiger partial charge in [0, 0.05) is 34.7 Å². The molecule has 1 aromatic heterocycles. The zero-order chi connectivity index (χ0) is 27.9. The summed E-state index contributed by atoms with van der Waals surface area (Å²) in [7, 11) is 0. The van der Waals surface area contributed by atoms with E-state index in [1.165, 1.54) is 83.5 Å². The molecule has 4 aliphatic carbocycles. The van der Waals surface area contributed by atoms with Gasteiger partial charge in [0.2, 0.25) is 0 Å². The molecule has 1 heteroatoms. The maximum absolute atomic E-state index is 2.57. The Balaban J connectivity index is 1.39. The van der Waals surface area contributed by atoms with Crippen LogP contribution in [0, 0.1) is 0 Å². The molecule has 1 heterocycles. The molecule has 2 unspecified atom stereocenters. The quantitative estimate of drug-likeness (QED) is 0.204. The van der Waals surface area contributed by atoms with Crippen LogP contribution in [0.5, 0.6) is 0 Å². The fourth-order valence-electron chi connectivity index (χ4n) is 9.58. The van der Waals surface area contributed by atoms with Crippen LogP contribution in [-0.2, 0) is 18.3 Å². The highest BCUT2D eigenvalue weighted by Gasteiger charge is 2.55. The molecule has 0 bridgehead atoms. The Bertz CT molecular complexity index is 2340. The van der Waals surface area contributed by atoms with E-state index in [-0.39, 0.29) is 11.3 Å². The molecule has 0 radical (unpaired) electrons. The van der Waals surface area contributed by atoms with Crippen molar-refractivity contribution in [2.75, 3.05) is 0 Å². The lowest BCUT2D eigenvalue weighted by Crippen LogP contribution is -2.42. The Morgan fingerprint density at radius 2 is 1.33 bits per heavy atom. The number of para-hydroxylation sites is 1. The van der Waals surface area contributed by atoms with Crippen LogP contribution in [0.25, 0.3) is 38.8 Å². The van der Waals surface area contributed by atoms with Crippen molar-refractivity contribution in [1.82, 2.24) is 4.57 Å². The summed E-state index contributed by atoms with van der Waals surface area (Å²) >= 11 is 0. The van der Waals surface area contributed by atoms with Crippen LogP contribution in [0.4, 0.5) is 0 Å². The lowest BCUT2D eigenvalue weighted by molar-refractivity contribution is 0.575. The Morgan fingerprint density at radius 1 is 0.558 bits per heavy atom. The summed E-state index contributed by atoms with van der Waals surface area (Å²) in [6.45, 7) is 0. The Hall–Kier alpha value is -5.14. The molecule has 43 heavy (non-hydrogen) atoms. The van der Waals surface area contributed by atoms with Crippen LogP contribution in [0.1, 0.15) is 56.1 Å². The molecular formula is C42H27N. The van der Waals surface area contributed by atoms with Crippen molar-refractivity contribution in [2.45, 2.75) is 24.2 Å². The van der Waals surface area contributed by atoms with Gasteiger partial charge in [0.25, 0.3) is 0 Å². The predicted molar refractivity (Wildman–Crippen MR) is 174 cm³/mol. The van der Waals surface area contributed by atoms with E-state index in [2.05, 4.69) is 138 Å². The summed E-state index contributed by atoms with van der Waals surface area (Å²) in [5, 5.41) is 1.47. The third kappa shape index (κ3) is 2.50. The fraction of sp³-hybridized carbons (Fsp3) is 0.0952. The van der Waals surface area contributed by atoms with Crippen molar-refractivity contribution in [2.24, 2.45) is 0 Å². The molecule has 0 saturated carbocycles. The highest BCUT2D eigenvalue weighted by Crippen LogP contribution is 2.67. The zero-order valence-electron chi connectivity index (χ0n) is 23.6. The SMILES string of the molecule is c1ccc(C2c3ccccc3C34Cc5ccccc5-c5ccc6c(c7c(n6-c6ccccc6)Cc6ccc2c3c6-7)c54)cc1. The number of aromatic nitrogens is 1. The molecule has 0 aliphatic heterocycles. The molecule has 2 atom stereocenters. The molecule has 0 amide bonds. The van der Waals surface area contributed by atoms with Gasteiger partial charge in [-0.2, -0.15) is 0 Å². The molecule has 0 saturated heterocycles. The number of rotatable bonds is 2. The van der Waals surface area contributed by atoms with Gasteiger partial charge in [0.15, 0.2) is 0 Å². The van der Waals surface area contributed by atoms with Gasteiger partial charge in [-0.1, -0.05) is 115 Å². The number of benzene rings is 6. The minimum Gasteiger partial charge on any atom is -0.313 e. The normalized spacial score (nSPS) is 19.3. The van der Waals surface area contributed by atoms with E-state index < -0.39 is 0 Å². The first-order chi connectivity index (χ1) is 21.3. The predicted octanol–water partition coefficient (Wildman–Crippen LogP) is 9.57. The van der Waals surface area contributed by atoms with Crippen molar-refractivity contribution < 1.29 is 0 Å². The summed E-state index contributed by atoms with van der Waals surface area (Å²) in [5.74, 6) is 0.213. The van der Waals surface area contributed by atoms with Gasteiger partial charge in [-0.25, -0.2) is 0 Å². The highest BCUT2D eigenvalue weighted by molar-refractivity contribution is 6.12. The Kier molecular flexibility index (Phi) is 3.98. The summed E-state index contributed by atoms with van der Waals surface area (Å²) < 4.78 is 2.57. The summed E-state index contributed by atoms with van der Waals surface area (Å²) in [5.41, 5.74) is 21.5. The second-order valence-electron chi connectivity index (χ2n) is 12.8. The summed E-state index contributed by atoms with van der Waals surface area (Å²) in [6, 6.07) is 50.6. The van der Waals surface area contributed by atoms with Gasteiger partial charge < -0.3 is 4.57 Å². The third-order valence-corrected chi connectivity index (χ3v) is 11.0. The van der Waals surface area contributed by atoms with E-state index >= 15 is 0 Å². The molecular weight excluding hydrogens is 518 g/mol. The minimum atomic E-state index is -0.233. The fourth-order valence-corrected chi connectivity index (χ4v) is 9.58. The topological polar surface area (TPSA) is 4.93 Å². The van der Waals surface area contributed by atoms with E-state index in [1.807, 2.05) is 0 Å². The standard InChI is InChI=1S/C42H27N/c1-3-11-25(12-4-1)36-31-17-9-10-18-33(31)42-24-27-13-7-8-16-29(27)30-21-22-34-39(40(30)42)38-35(43(34)28-14-5-2-6-15-28)23-26-19-20-32(36)41(42)37(26)38/h1-22,36H,23-24H2. The van der Waals surface area contributed by atoms with Gasteiger partial charge in [-0.3, -0.25) is 0 Å². The molecule has 1 nitrogen and oxygen atoms in total. The Morgan fingerprint density at radius 3 is 2.21 bits per heavy atom. The molecule has 0 fully saturated rings. The van der Waals surface area contributed by atoms with Crippen LogP contribution in [0.3, 0.4) is 0 Å². The van der Waals surface area contributed by atoms with Gasteiger partial charge in [-0.15, -0.1) is 0 Å². The summed E-state index contributed by atoms with van der Waals surface area (Å²) in [6.07, 6.45) is 1.96. The number of hydrogen-bond acceptors (Lipinski definition) is 0. The average molecular weight is 546 g/mol. The van der Waals surface area contributed by atoms with E-state index in [0.717, 1.165) is 12.8 Å². The number of fused-ring (bicyclic) bond motifs is 3. The van der Waals surface area contributed by atoms with Crippen molar-refractivity contribution >= 4 is 10.9 Å². The monoisotopic (exact) mass is 545 g/mol. The molecule has 0 N–H and O–H groups in total. The summed E-state index contributed by atoms with van der Waals surface area (Å²) in [4.78, 5) is 0. The highest BCUT2D eigenvalue weighted by atomic mass is 15.0. The average Bonchev–Trinajstić information content (AvgIpc) is 3.60. The van der Waals surface area contributed by atoms with Crippen LogP contribution in [0.2, 0.25) is 0 Å². The van der Waals surface area contributed by atoms with Crippen LogP contribution in [0.15, 0.2) is 133 Å². The van der Waals surface area contributed by atoms with E-state index in [0.29, 0.717) is 0 Å². The van der Waals surface area contributed by atoms with Gasteiger partial charge in [0.1, 0.15) is 0 Å². The van der Waals surface area contributed by atoms with Crippen LogP contribution < -0.4 is 0 Å². The second-order valence-corrected chi connectivity index (χ2v) is 12.8. The first-order valence-corrected chi connectivity index (χ1v) is 15.5. The first kappa shape index (κ1) is 22.5. The van der Waals surface area contributed by atoms with E-state index in [4.69, 9.17) is 0 Å². The van der Waals surface area contributed by atoms with Crippen molar-refractivity contribution in [1.29, 1.82) is 0 Å². The van der Waals surface area contributed by atoms with E-state index in [1.54, 1.807) is 5.56 Å². The molecule has 200 valence electrons. The van der Waals surface area contributed by atoms with Crippen LogP contribution >= 0.6 is 0 Å².